The van der Waals surface area contributed by atoms with Gasteiger partial charge in [0.2, 0.25) is 14.2 Å². The quantitative estimate of drug-likeness (QED) is 0.216. The van der Waals surface area contributed by atoms with E-state index in [0.29, 0.717) is 32.9 Å². The van der Waals surface area contributed by atoms with Gasteiger partial charge in [0.15, 0.2) is 0 Å². The molecule has 0 saturated carbocycles. The standard InChI is InChI=1S/C25H16FN3O2S4/c26-17-9-7-16(8-10-17)18-14-21(22-6-3-11-32-22)28-24(19(18)15-27)33-12-13-35(30,31)25-29-20-4-1-2-5-23(20)34-25/h1-11,14H,12-13H2. The molecule has 0 amide bonds. The number of fused-ring (bicyclic) bond motifs is 1. The Kier molecular flexibility index (Phi) is 6.67. The second kappa shape index (κ2) is 9.87. The van der Waals surface area contributed by atoms with E-state index in [-0.39, 0.29) is 21.7 Å². The Morgan fingerprint density at radius 1 is 1.03 bits per heavy atom. The molecular formula is C25H16FN3O2S4. The number of nitrogens with zero attached hydrogens (tertiary/aromatic N) is 3. The Bertz CT molecular complexity index is 1620. The lowest BCUT2D eigenvalue weighted by atomic mass is 10.0. The van der Waals surface area contributed by atoms with Crippen LogP contribution in [-0.4, -0.2) is 29.9 Å². The fourth-order valence-corrected chi connectivity index (χ4v) is 8.15. The summed E-state index contributed by atoms with van der Waals surface area (Å²) in [6.07, 6.45) is 0. The van der Waals surface area contributed by atoms with Crippen molar-refractivity contribution in [3.05, 3.63) is 83.5 Å². The molecule has 0 spiro atoms. The molecule has 10 heteroatoms. The number of benzene rings is 2. The number of rotatable bonds is 7. The molecule has 0 bridgehead atoms. The topological polar surface area (TPSA) is 83.7 Å². The van der Waals surface area contributed by atoms with E-state index in [2.05, 4.69) is 16.0 Å². The maximum atomic E-state index is 13.5. The number of hydrogen-bond acceptors (Lipinski definition) is 8. The van der Waals surface area contributed by atoms with Crippen molar-refractivity contribution >= 4 is 54.5 Å². The molecule has 0 saturated heterocycles. The first-order valence-corrected chi connectivity index (χ1v) is 14.7. The predicted molar refractivity (Wildman–Crippen MR) is 140 cm³/mol. The molecule has 0 aliphatic carbocycles. The lowest BCUT2D eigenvalue weighted by Gasteiger charge is -2.12. The number of thiazole rings is 1. The normalized spacial score (nSPS) is 11.5. The molecule has 5 nitrogen and oxygen atoms in total. The van der Waals surface area contributed by atoms with Gasteiger partial charge in [0.1, 0.15) is 16.9 Å². The van der Waals surface area contributed by atoms with E-state index in [9.17, 15) is 18.1 Å². The first-order valence-electron chi connectivity index (χ1n) is 10.4. The Morgan fingerprint density at radius 2 is 1.83 bits per heavy atom. The highest BCUT2D eigenvalue weighted by atomic mass is 32.2. The van der Waals surface area contributed by atoms with Crippen molar-refractivity contribution in [1.82, 2.24) is 9.97 Å². The molecule has 0 atom stereocenters. The van der Waals surface area contributed by atoms with E-state index in [0.717, 1.165) is 20.9 Å². The summed E-state index contributed by atoms with van der Waals surface area (Å²) in [7, 11) is -3.60. The van der Waals surface area contributed by atoms with Gasteiger partial charge in [-0.1, -0.05) is 30.3 Å². The van der Waals surface area contributed by atoms with Crippen LogP contribution in [0.15, 0.2) is 81.5 Å². The Hall–Kier alpha value is -3.10. The van der Waals surface area contributed by atoms with Gasteiger partial charge in [0, 0.05) is 11.3 Å². The van der Waals surface area contributed by atoms with Crippen LogP contribution in [0.1, 0.15) is 5.56 Å². The molecule has 5 aromatic rings. The zero-order valence-electron chi connectivity index (χ0n) is 18.0. The fourth-order valence-electron chi connectivity index (χ4n) is 3.46. The largest absolute Gasteiger partial charge is 0.239 e. The summed E-state index contributed by atoms with van der Waals surface area (Å²) < 4.78 is 40.3. The minimum absolute atomic E-state index is 0.0899. The van der Waals surface area contributed by atoms with E-state index in [1.807, 2.05) is 41.8 Å². The number of para-hydroxylation sites is 1. The number of hydrogen-bond donors (Lipinski definition) is 0. The summed E-state index contributed by atoms with van der Waals surface area (Å²) in [5.41, 5.74) is 2.98. The average molecular weight is 538 g/mol. The summed E-state index contributed by atoms with van der Waals surface area (Å²) in [6.45, 7) is 0. The third-order valence-corrected chi connectivity index (χ3v) is 10.5. The third kappa shape index (κ3) is 4.99. The average Bonchev–Trinajstić information content (AvgIpc) is 3.55. The zero-order chi connectivity index (χ0) is 24.4. The van der Waals surface area contributed by atoms with Crippen molar-refractivity contribution in [2.45, 2.75) is 9.37 Å². The monoisotopic (exact) mass is 537 g/mol. The Morgan fingerprint density at radius 3 is 2.54 bits per heavy atom. The molecule has 5 rings (SSSR count). The molecule has 35 heavy (non-hydrogen) atoms. The van der Waals surface area contributed by atoms with Crippen LogP contribution in [0.5, 0.6) is 0 Å². The maximum absolute atomic E-state index is 13.5. The molecule has 0 aliphatic heterocycles. The molecule has 3 aromatic heterocycles. The Balaban J connectivity index is 1.46. The third-order valence-electron chi connectivity index (χ3n) is 5.16. The number of sulfone groups is 1. The minimum Gasteiger partial charge on any atom is -0.239 e. The van der Waals surface area contributed by atoms with Crippen LogP contribution in [0.3, 0.4) is 0 Å². The smallest absolute Gasteiger partial charge is 0.210 e. The molecule has 2 aromatic carbocycles. The van der Waals surface area contributed by atoms with Gasteiger partial charge >= 0.3 is 0 Å². The number of halogens is 1. The van der Waals surface area contributed by atoms with Gasteiger partial charge < -0.3 is 0 Å². The van der Waals surface area contributed by atoms with Gasteiger partial charge in [-0.3, -0.25) is 0 Å². The van der Waals surface area contributed by atoms with E-state index in [1.165, 1.54) is 35.2 Å². The first-order chi connectivity index (χ1) is 16.9. The lowest BCUT2D eigenvalue weighted by molar-refractivity contribution is 0.597. The first kappa shape index (κ1) is 23.6. The molecule has 0 aliphatic rings. The lowest BCUT2D eigenvalue weighted by Crippen LogP contribution is -2.09. The molecule has 3 heterocycles. The van der Waals surface area contributed by atoms with Crippen molar-refractivity contribution < 1.29 is 12.8 Å². The minimum atomic E-state index is -3.60. The van der Waals surface area contributed by atoms with Gasteiger partial charge in [-0.2, -0.15) is 5.26 Å². The van der Waals surface area contributed by atoms with Crippen molar-refractivity contribution in [2.75, 3.05) is 11.5 Å². The molecule has 0 radical (unpaired) electrons. The van der Waals surface area contributed by atoms with Crippen molar-refractivity contribution in [1.29, 1.82) is 5.26 Å². The fraction of sp³-hybridized carbons (Fsp3) is 0.0800. The van der Waals surface area contributed by atoms with Crippen LogP contribution in [0.4, 0.5) is 4.39 Å². The van der Waals surface area contributed by atoms with Crippen LogP contribution in [0.2, 0.25) is 0 Å². The van der Waals surface area contributed by atoms with Crippen molar-refractivity contribution in [3.8, 4) is 27.8 Å². The molecule has 0 unspecified atom stereocenters. The van der Waals surface area contributed by atoms with Gasteiger partial charge in [-0.05, 0) is 47.3 Å². The van der Waals surface area contributed by atoms with Crippen LogP contribution in [0, 0.1) is 17.1 Å². The summed E-state index contributed by atoms with van der Waals surface area (Å²) in [5, 5.41) is 12.3. The van der Waals surface area contributed by atoms with Crippen LogP contribution in [-0.2, 0) is 9.84 Å². The zero-order valence-corrected chi connectivity index (χ0v) is 21.3. The van der Waals surface area contributed by atoms with Crippen LogP contribution in [0.25, 0.3) is 31.9 Å². The summed E-state index contributed by atoms with van der Waals surface area (Å²) >= 11 is 3.89. The number of thiophene rings is 1. The number of thioether (sulfide) groups is 1. The van der Waals surface area contributed by atoms with Crippen molar-refractivity contribution in [3.63, 3.8) is 0 Å². The highest BCUT2D eigenvalue weighted by Gasteiger charge is 2.21. The summed E-state index contributed by atoms with van der Waals surface area (Å²) in [6, 6.07) is 21.1. The maximum Gasteiger partial charge on any atom is 0.210 e. The van der Waals surface area contributed by atoms with E-state index < -0.39 is 9.84 Å². The van der Waals surface area contributed by atoms with E-state index >= 15 is 0 Å². The van der Waals surface area contributed by atoms with Crippen molar-refractivity contribution in [2.24, 2.45) is 0 Å². The second-order valence-corrected chi connectivity index (χ2v) is 12.8. The predicted octanol–water partition coefficient (Wildman–Crippen LogP) is 6.66. The molecule has 0 N–H and O–H groups in total. The highest BCUT2D eigenvalue weighted by molar-refractivity contribution is 8.01. The highest BCUT2D eigenvalue weighted by Crippen LogP contribution is 2.36. The van der Waals surface area contributed by atoms with Gasteiger partial charge in [-0.15, -0.1) is 34.4 Å². The Labute approximate surface area is 213 Å². The summed E-state index contributed by atoms with van der Waals surface area (Å²) in [4.78, 5) is 9.88. The SMILES string of the molecule is N#Cc1c(-c2ccc(F)cc2)cc(-c2cccs2)nc1SCCS(=O)(=O)c1nc2ccccc2s1. The van der Waals surface area contributed by atoms with Crippen LogP contribution >= 0.6 is 34.4 Å². The number of nitriles is 1. The summed E-state index contributed by atoms with van der Waals surface area (Å²) in [5.74, 6) is -0.301. The van der Waals surface area contributed by atoms with Gasteiger partial charge in [-0.25, -0.2) is 22.8 Å². The van der Waals surface area contributed by atoms with E-state index in [1.54, 1.807) is 18.2 Å². The van der Waals surface area contributed by atoms with E-state index in [4.69, 9.17) is 0 Å². The second-order valence-electron chi connectivity index (χ2n) is 7.45. The number of pyridine rings is 1. The van der Waals surface area contributed by atoms with Gasteiger partial charge in [0.25, 0.3) is 0 Å². The van der Waals surface area contributed by atoms with Gasteiger partial charge in [0.05, 0.1) is 32.1 Å². The number of aromatic nitrogens is 2. The molecule has 0 fully saturated rings. The van der Waals surface area contributed by atoms with Crippen LogP contribution < -0.4 is 0 Å². The molecular weight excluding hydrogens is 522 g/mol. The molecule has 174 valence electrons.